The molecule has 4 nitrogen and oxygen atoms in total. The molecule has 0 saturated heterocycles. The van der Waals surface area contributed by atoms with Crippen LogP contribution in [0.1, 0.15) is 65.6 Å². The smallest absolute Gasteiger partial charge is 0.248 e. The van der Waals surface area contributed by atoms with Crippen molar-refractivity contribution < 1.29 is 15.0 Å². The van der Waals surface area contributed by atoms with Crippen molar-refractivity contribution in [1.82, 2.24) is 0 Å². The van der Waals surface area contributed by atoms with Crippen molar-refractivity contribution in [2.24, 2.45) is 28.9 Å². The topological polar surface area (TPSA) is 83.5 Å². The summed E-state index contributed by atoms with van der Waals surface area (Å²) >= 11 is 0. The van der Waals surface area contributed by atoms with Crippen LogP contribution in [0.25, 0.3) is 0 Å². The number of phenols is 1. The average Bonchev–Trinajstić information content (AvgIpc) is 2.98. The van der Waals surface area contributed by atoms with Gasteiger partial charge in [-0.05, 0) is 109 Å². The van der Waals surface area contributed by atoms with Crippen LogP contribution in [0.5, 0.6) is 5.75 Å². The maximum absolute atomic E-state index is 11.5. The second-order valence-corrected chi connectivity index (χ2v) is 10.1. The zero-order chi connectivity index (χ0) is 21.0. The van der Waals surface area contributed by atoms with Gasteiger partial charge < -0.3 is 15.9 Å². The first-order chi connectivity index (χ1) is 14.4. The highest BCUT2D eigenvalue weighted by Gasteiger charge is 2.57. The molecule has 0 aromatic heterocycles. The quantitative estimate of drug-likeness (QED) is 0.716. The fourth-order valence-electron chi connectivity index (χ4n) is 7.07. The molecule has 0 bridgehead atoms. The van der Waals surface area contributed by atoms with E-state index in [4.69, 9.17) is 5.73 Å². The number of amides is 1. The summed E-state index contributed by atoms with van der Waals surface area (Å²) in [5.74, 6) is 1.82. The number of benzene rings is 2. The lowest BCUT2D eigenvalue weighted by atomic mass is 9.55. The number of aryl methyl sites for hydroxylation is 1. The largest absolute Gasteiger partial charge is 0.508 e. The predicted octanol–water partition coefficient (Wildman–Crippen LogP) is 4.18. The number of hydrogen-bond donors (Lipinski definition) is 3. The van der Waals surface area contributed by atoms with Crippen LogP contribution in [0.2, 0.25) is 0 Å². The van der Waals surface area contributed by atoms with Crippen molar-refractivity contribution in [2.45, 2.75) is 57.5 Å². The highest BCUT2D eigenvalue weighted by molar-refractivity contribution is 5.92. The zero-order valence-electron chi connectivity index (χ0n) is 17.6. The van der Waals surface area contributed by atoms with E-state index in [2.05, 4.69) is 13.0 Å². The summed E-state index contributed by atoms with van der Waals surface area (Å²) in [6.45, 7) is 2.30. The molecule has 3 aliphatic carbocycles. The van der Waals surface area contributed by atoms with Gasteiger partial charge in [0.2, 0.25) is 5.91 Å². The van der Waals surface area contributed by atoms with E-state index < -0.39 is 5.91 Å². The third kappa shape index (κ3) is 3.04. The number of primary amides is 1. The second-order valence-electron chi connectivity index (χ2n) is 10.1. The van der Waals surface area contributed by atoms with Gasteiger partial charge in [0, 0.05) is 5.56 Å². The van der Waals surface area contributed by atoms with Crippen molar-refractivity contribution >= 4 is 5.91 Å². The van der Waals surface area contributed by atoms with Gasteiger partial charge in [0.15, 0.2) is 0 Å². The summed E-state index contributed by atoms with van der Waals surface area (Å²) in [6.07, 6.45) is 5.80. The number of nitrogens with two attached hydrogens (primary N) is 1. The molecule has 2 fully saturated rings. The summed E-state index contributed by atoms with van der Waals surface area (Å²) in [6, 6.07) is 13.4. The van der Waals surface area contributed by atoms with Crippen LogP contribution in [-0.2, 0) is 12.8 Å². The van der Waals surface area contributed by atoms with Crippen LogP contribution >= 0.6 is 0 Å². The minimum atomic E-state index is -0.404. The van der Waals surface area contributed by atoms with Gasteiger partial charge >= 0.3 is 0 Å². The third-order valence-electron chi connectivity index (χ3n) is 8.54. The number of aromatic hydroxyl groups is 1. The average molecular weight is 406 g/mol. The minimum Gasteiger partial charge on any atom is -0.508 e. The maximum atomic E-state index is 11.5. The summed E-state index contributed by atoms with van der Waals surface area (Å²) in [4.78, 5) is 11.5. The Bertz CT molecular complexity index is 986. The van der Waals surface area contributed by atoms with E-state index in [-0.39, 0.29) is 17.4 Å². The molecule has 2 aromatic carbocycles. The van der Waals surface area contributed by atoms with Crippen LogP contribution in [0.3, 0.4) is 0 Å². The fraction of sp³-hybridized carbons (Fsp3) is 0.500. The van der Waals surface area contributed by atoms with Crippen LogP contribution in [0.15, 0.2) is 42.5 Å². The Hall–Kier alpha value is -2.33. The van der Waals surface area contributed by atoms with Gasteiger partial charge in [0.05, 0.1) is 6.10 Å². The van der Waals surface area contributed by atoms with Gasteiger partial charge in [-0.2, -0.15) is 0 Å². The first-order valence-electron chi connectivity index (χ1n) is 11.3. The Morgan fingerprint density at radius 1 is 1.20 bits per heavy atom. The normalized spacial score (nSPS) is 34.7. The highest BCUT2D eigenvalue weighted by atomic mass is 16.3. The number of aliphatic hydroxyl groups excluding tert-OH is 1. The van der Waals surface area contributed by atoms with E-state index >= 15 is 0 Å². The van der Waals surface area contributed by atoms with E-state index in [9.17, 15) is 15.0 Å². The van der Waals surface area contributed by atoms with Crippen molar-refractivity contribution in [3.8, 4) is 5.75 Å². The van der Waals surface area contributed by atoms with E-state index in [0.29, 0.717) is 29.1 Å². The van der Waals surface area contributed by atoms with Gasteiger partial charge in [0.25, 0.3) is 0 Å². The first-order valence-corrected chi connectivity index (χ1v) is 11.3. The van der Waals surface area contributed by atoms with Gasteiger partial charge in [-0.1, -0.05) is 25.1 Å². The molecule has 0 radical (unpaired) electrons. The number of carbonyl (C=O) groups is 1. The monoisotopic (exact) mass is 405 g/mol. The Morgan fingerprint density at radius 2 is 2.03 bits per heavy atom. The molecular formula is C26H31NO3. The summed E-state index contributed by atoms with van der Waals surface area (Å²) in [5.41, 5.74) is 9.75. The second kappa shape index (κ2) is 7.12. The number of rotatable bonds is 3. The van der Waals surface area contributed by atoms with E-state index in [1.54, 1.807) is 6.07 Å². The molecule has 30 heavy (non-hydrogen) atoms. The molecule has 5 rings (SSSR count). The van der Waals surface area contributed by atoms with E-state index in [1.807, 2.05) is 30.3 Å². The molecule has 5 unspecified atom stereocenters. The summed E-state index contributed by atoms with van der Waals surface area (Å²) < 4.78 is 0. The molecule has 0 heterocycles. The lowest BCUT2D eigenvalue weighted by molar-refractivity contribution is -0.0325. The molecule has 2 saturated carbocycles. The van der Waals surface area contributed by atoms with Crippen LogP contribution < -0.4 is 5.73 Å². The SMILES string of the molecule is C[C@@]12CCC3c4ccc(O)cc4CCC3C1CC(Cc1cccc(C(N)=O)c1)C2O. The zero-order valence-corrected chi connectivity index (χ0v) is 17.6. The van der Waals surface area contributed by atoms with E-state index in [0.717, 1.165) is 44.1 Å². The van der Waals surface area contributed by atoms with Gasteiger partial charge in [0.1, 0.15) is 5.75 Å². The summed E-state index contributed by atoms with van der Waals surface area (Å²) in [5, 5.41) is 21.3. The van der Waals surface area contributed by atoms with Crippen molar-refractivity contribution in [3.63, 3.8) is 0 Å². The van der Waals surface area contributed by atoms with Crippen molar-refractivity contribution in [2.75, 3.05) is 0 Å². The molecule has 3 aliphatic rings. The minimum absolute atomic E-state index is 0.0401. The molecule has 158 valence electrons. The van der Waals surface area contributed by atoms with Crippen molar-refractivity contribution in [3.05, 3.63) is 64.7 Å². The fourth-order valence-corrected chi connectivity index (χ4v) is 7.07. The number of phenolic OH excluding ortho intramolecular Hbond substituents is 1. The first kappa shape index (κ1) is 19.6. The Morgan fingerprint density at radius 3 is 2.83 bits per heavy atom. The lowest BCUT2D eigenvalue weighted by Gasteiger charge is -2.50. The Kier molecular flexibility index (Phi) is 4.66. The Labute approximate surface area is 178 Å². The number of hydrogen-bond acceptors (Lipinski definition) is 3. The Balaban J connectivity index is 1.40. The number of fused-ring (bicyclic) bond motifs is 5. The van der Waals surface area contributed by atoms with Crippen molar-refractivity contribution in [1.29, 1.82) is 0 Å². The number of aliphatic hydroxyl groups is 1. The third-order valence-corrected chi connectivity index (χ3v) is 8.54. The van der Waals surface area contributed by atoms with Crippen LogP contribution in [0.4, 0.5) is 0 Å². The van der Waals surface area contributed by atoms with Gasteiger partial charge in [-0.25, -0.2) is 0 Å². The molecule has 6 atom stereocenters. The summed E-state index contributed by atoms with van der Waals surface area (Å²) in [7, 11) is 0. The molecule has 0 spiro atoms. The standard InChI is InChI=1S/C26H31NO3/c1-26-10-9-21-20-8-6-19(28)13-16(20)5-7-22(21)23(26)14-18(24(26)29)12-15-3-2-4-17(11-15)25(27)30/h2-4,6,8,11,13,18,21-24,28-29H,5,7,9-10,12,14H2,1H3,(H2,27,30)/t18?,21?,22?,23?,24?,26-/m1/s1. The van der Waals surface area contributed by atoms with E-state index in [1.165, 1.54) is 11.1 Å². The lowest BCUT2D eigenvalue weighted by Crippen LogP contribution is -2.44. The highest BCUT2D eigenvalue weighted by Crippen LogP contribution is 2.62. The molecule has 4 N–H and O–H groups in total. The molecular weight excluding hydrogens is 374 g/mol. The van der Waals surface area contributed by atoms with Gasteiger partial charge in [-0.15, -0.1) is 0 Å². The molecule has 0 aliphatic heterocycles. The number of carbonyl (C=O) groups excluding carboxylic acids is 1. The predicted molar refractivity (Wildman–Crippen MR) is 116 cm³/mol. The van der Waals surface area contributed by atoms with Gasteiger partial charge in [-0.3, -0.25) is 4.79 Å². The van der Waals surface area contributed by atoms with Crippen LogP contribution in [0, 0.1) is 23.2 Å². The molecule has 1 amide bonds. The molecule has 2 aromatic rings. The maximum Gasteiger partial charge on any atom is 0.248 e. The van der Waals surface area contributed by atoms with Crippen LogP contribution in [-0.4, -0.2) is 22.2 Å². The molecule has 4 heteroatoms.